The lowest BCUT2D eigenvalue weighted by Crippen LogP contribution is -2.40. The first-order valence-electron chi connectivity index (χ1n) is 23.3. The lowest BCUT2D eigenvalue weighted by atomic mass is 9.66. The molecule has 0 radical (unpaired) electrons. The van der Waals surface area contributed by atoms with Crippen LogP contribution in [0.4, 0.5) is 0 Å². The molecule has 65 heavy (non-hydrogen) atoms. The number of nitrogens with zero attached hydrogens (tertiary/aromatic N) is 2. The van der Waals surface area contributed by atoms with Gasteiger partial charge in [0.1, 0.15) is 0 Å². The molecule has 1 heterocycles. The van der Waals surface area contributed by atoms with Crippen LogP contribution in [0.1, 0.15) is 141 Å². The van der Waals surface area contributed by atoms with Crippen molar-refractivity contribution in [3.05, 3.63) is 182 Å². The van der Waals surface area contributed by atoms with Gasteiger partial charge in [-0.05, 0) is 85.3 Å². The molecular weight excluding hydrogens is 853 g/mol. The highest BCUT2D eigenvalue weighted by molar-refractivity contribution is 8.03. The molecule has 0 fully saturated rings. The Kier molecular flexibility index (Phi) is 23.5. The fourth-order valence-electron chi connectivity index (χ4n) is 6.93. The molecular formula is C58H84N2O2S3. The molecule has 4 nitrogen and oxygen atoms in total. The van der Waals surface area contributed by atoms with Crippen molar-refractivity contribution < 1.29 is 0 Å². The summed E-state index contributed by atoms with van der Waals surface area (Å²) in [5.41, 5.74) is 7.67. The third-order valence-corrected chi connectivity index (χ3v) is 14.7. The summed E-state index contributed by atoms with van der Waals surface area (Å²) in [5.74, 6) is 2.90. The molecule has 0 bridgehead atoms. The highest BCUT2D eigenvalue weighted by Gasteiger charge is 2.37. The molecule has 0 saturated carbocycles. The third-order valence-electron chi connectivity index (χ3n) is 11.3. The van der Waals surface area contributed by atoms with E-state index in [4.69, 9.17) is 0 Å². The zero-order chi connectivity index (χ0) is 49.2. The largest absolute Gasteiger partial charge is 0.335 e. The molecule has 1 aromatic heterocycles. The molecule has 0 spiro atoms. The monoisotopic (exact) mass is 937 g/mol. The van der Waals surface area contributed by atoms with E-state index in [0.29, 0.717) is 23.2 Å². The van der Waals surface area contributed by atoms with Crippen LogP contribution < -0.4 is 11.2 Å². The fourth-order valence-corrected chi connectivity index (χ4v) is 9.48. The molecule has 1 unspecified atom stereocenters. The Morgan fingerprint density at radius 2 is 1.08 bits per heavy atom. The normalized spacial score (nSPS) is 12.2. The van der Waals surface area contributed by atoms with Crippen LogP contribution in [0, 0.1) is 37.5 Å². The van der Waals surface area contributed by atoms with Crippen LogP contribution in [0.25, 0.3) is 5.70 Å². The first-order chi connectivity index (χ1) is 30.4. The predicted molar refractivity (Wildman–Crippen MR) is 296 cm³/mol. The minimum Gasteiger partial charge on any atom is -0.300 e. The van der Waals surface area contributed by atoms with Gasteiger partial charge in [0.2, 0.25) is 0 Å². The van der Waals surface area contributed by atoms with Crippen molar-refractivity contribution in [3.63, 3.8) is 0 Å². The summed E-state index contributed by atoms with van der Waals surface area (Å²) < 4.78 is 3.11. The van der Waals surface area contributed by atoms with Crippen LogP contribution in [-0.4, -0.2) is 36.9 Å². The van der Waals surface area contributed by atoms with Crippen LogP contribution in [0.15, 0.2) is 132 Å². The van der Waals surface area contributed by atoms with Crippen LogP contribution >= 0.6 is 36.2 Å². The van der Waals surface area contributed by atoms with Gasteiger partial charge in [0.05, 0.1) is 5.70 Å². The maximum absolute atomic E-state index is 14.0. The summed E-state index contributed by atoms with van der Waals surface area (Å²) in [6, 6.07) is 38.6. The van der Waals surface area contributed by atoms with Crippen molar-refractivity contribution in [2.45, 2.75) is 145 Å². The minimum absolute atomic E-state index is 0.141. The smallest absolute Gasteiger partial charge is 0.300 e. The zero-order valence-corrected chi connectivity index (χ0v) is 45.6. The second-order valence-corrected chi connectivity index (χ2v) is 24.0. The molecule has 1 atom stereocenters. The van der Waals surface area contributed by atoms with Crippen LogP contribution in [-0.2, 0) is 12.0 Å². The molecule has 0 N–H and O–H groups in total. The van der Waals surface area contributed by atoms with Crippen molar-refractivity contribution in [1.29, 1.82) is 0 Å². The van der Waals surface area contributed by atoms with E-state index in [-0.39, 0.29) is 32.1 Å². The highest BCUT2D eigenvalue weighted by Crippen LogP contribution is 2.45. The molecule has 7 heteroatoms. The van der Waals surface area contributed by atoms with Gasteiger partial charge in [-0.15, -0.1) is 0 Å². The van der Waals surface area contributed by atoms with E-state index in [1.54, 1.807) is 23.9 Å². The van der Waals surface area contributed by atoms with Crippen molar-refractivity contribution >= 4 is 41.8 Å². The number of benzene rings is 4. The number of rotatable bonds is 16. The van der Waals surface area contributed by atoms with E-state index in [1.165, 1.54) is 32.4 Å². The SMILES string of the molecule is C=C(c1ccccc1)n1c(=O)c(C)cn(CCC(CCC(c2ccccc2)(c2ccc(C)cc2)c2ccc(C)cc2)SCCSC(C)(C)C(C)(C)C)c1=O.CC(C)(C)C.CC(C)C.CS. The van der Waals surface area contributed by atoms with E-state index in [9.17, 15) is 9.59 Å². The van der Waals surface area contributed by atoms with Gasteiger partial charge in [-0.2, -0.15) is 36.2 Å². The molecule has 4 aromatic carbocycles. The molecule has 0 saturated heterocycles. The van der Waals surface area contributed by atoms with Gasteiger partial charge in [-0.3, -0.25) is 9.36 Å². The molecule has 0 aliphatic heterocycles. The van der Waals surface area contributed by atoms with E-state index in [1.807, 2.05) is 53.9 Å². The molecule has 356 valence electrons. The van der Waals surface area contributed by atoms with Crippen molar-refractivity contribution in [1.82, 2.24) is 9.13 Å². The summed E-state index contributed by atoms with van der Waals surface area (Å²) in [6.45, 7) is 37.7. The second kappa shape index (κ2) is 26.6. The van der Waals surface area contributed by atoms with Crippen LogP contribution in [0.5, 0.6) is 0 Å². The van der Waals surface area contributed by atoms with Gasteiger partial charge in [0.25, 0.3) is 5.56 Å². The Bertz CT molecular complexity index is 2210. The molecule has 0 aliphatic carbocycles. The van der Waals surface area contributed by atoms with Gasteiger partial charge >= 0.3 is 5.69 Å². The Hall–Kier alpha value is -3.65. The van der Waals surface area contributed by atoms with Crippen molar-refractivity contribution in [3.8, 4) is 0 Å². The predicted octanol–water partition coefficient (Wildman–Crippen LogP) is 15.6. The average Bonchev–Trinajstić information content (AvgIpc) is 3.24. The summed E-state index contributed by atoms with van der Waals surface area (Å²) in [4.78, 5) is 27.4. The summed E-state index contributed by atoms with van der Waals surface area (Å²) >= 11 is 7.59. The number of hydrogen-bond donors (Lipinski definition) is 1. The lowest BCUT2D eigenvalue weighted by molar-refractivity contribution is 0.320. The number of aryl methyl sites for hydroxylation is 4. The average molecular weight is 938 g/mol. The van der Waals surface area contributed by atoms with Gasteiger partial charge in [0, 0.05) is 45.2 Å². The number of thiol groups is 1. The zero-order valence-electron chi connectivity index (χ0n) is 43.0. The maximum atomic E-state index is 14.0. The number of hydrogen-bond acceptors (Lipinski definition) is 5. The van der Waals surface area contributed by atoms with E-state index < -0.39 is 0 Å². The first kappa shape index (κ1) is 57.5. The van der Waals surface area contributed by atoms with Crippen LogP contribution in [0.2, 0.25) is 0 Å². The van der Waals surface area contributed by atoms with Crippen molar-refractivity contribution in [2.75, 3.05) is 17.8 Å². The van der Waals surface area contributed by atoms with E-state index in [0.717, 1.165) is 42.2 Å². The number of aromatic nitrogens is 2. The highest BCUT2D eigenvalue weighted by atomic mass is 32.2. The van der Waals surface area contributed by atoms with Gasteiger partial charge in [-0.25, -0.2) is 9.36 Å². The van der Waals surface area contributed by atoms with E-state index in [2.05, 4.69) is 195 Å². The van der Waals surface area contributed by atoms with Crippen LogP contribution in [0.3, 0.4) is 0 Å². The quantitative estimate of drug-likeness (QED) is 0.0608. The fraction of sp³-hybridized carbons (Fsp3) is 0.483. The summed E-state index contributed by atoms with van der Waals surface area (Å²) in [7, 11) is 0. The second-order valence-electron chi connectivity index (χ2n) is 20.9. The summed E-state index contributed by atoms with van der Waals surface area (Å²) in [6.07, 6.45) is 6.06. The molecule has 0 aliphatic rings. The topological polar surface area (TPSA) is 44.0 Å². The number of thioether (sulfide) groups is 2. The summed E-state index contributed by atoms with van der Waals surface area (Å²) in [5, 5.41) is 0.271. The Labute approximate surface area is 410 Å². The standard InChI is InChI=1S/C48H58N2O2S2.C5H12.C4H10.CH4S/c1-35-20-24-41(25-21-35)48(40-18-14-11-15-19-40,42-26-22-36(2)23-27-42)30-28-43(53-32-33-54-47(8,9)46(5,6)7)29-31-49-34-37(3)44(51)50(45(49)52)38(4)39-16-12-10-13-17-39;1-5(2,3)4;1-4(2)3;1-2/h10-27,34,43H,4,28-33H2,1-3,5-9H3;1-4H3;4H,1-3H3;2H,1H3. The Balaban J connectivity index is 0.00000119. The Morgan fingerprint density at radius 3 is 1.52 bits per heavy atom. The van der Waals surface area contributed by atoms with E-state index >= 15 is 0 Å². The molecule has 5 rings (SSSR count). The maximum Gasteiger partial charge on any atom is 0.335 e. The first-order valence-corrected chi connectivity index (χ1v) is 26.3. The molecule has 5 aromatic rings. The molecule has 0 amide bonds. The minimum atomic E-state index is -0.363. The van der Waals surface area contributed by atoms with Gasteiger partial charge < -0.3 is 0 Å². The lowest BCUT2D eigenvalue weighted by Gasteiger charge is -2.38. The third kappa shape index (κ3) is 18.2. The Morgan fingerprint density at radius 1 is 0.646 bits per heavy atom. The van der Waals surface area contributed by atoms with Gasteiger partial charge in [0.15, 0.2) is 0 Å². The van der Waals surface area contributed by atoms with Crippen molar-refractivity contribution in [2.24, 2.45) is 16.7 Å². The van der Waals surface area contributed by atoms with Gasteiger partial charge in [-0.1, -0.05) is 210 Å².